The van der Waals surface area contributed by atoms with Crippen LogP contribution in [0.4, 0.5) is 0 Å². The van der Waals surface area contributed by atoms with Crippen molar-refractivity contribution in [2.24, 2.45) is 5.73 Å². The van der Waals surface area contributed by atoms with Crippen molar-refractivity contribution in [1.29, 1.82) is 5.26 Å². The van der Waals surface area contributed by atoms with Gasteiger partial charge in [-0.25, -0.2) is 12.3 Å². The molecular weight excluding hydrogens is 78.1 g/mol. The molecule has 0 spiro atoms. The fraction of sp³-hybridized carbons (Fsp3) is 0.333. The van der Waals surface area contributed by atoms with Crippen molar-refractivity contribution in [3.05, 3.63) is 11.4 Å². The Hall–Kier alpha value is -1.06. The Morgan fingerprint density at radius 2 is 2.50 bits per heavy atom. The molecule has 1 atom stereocenters. The standard InChI is InChI=1S/C3H3N3/c1-6-3(5)2-4/h3H,5H2. The summed E-state index contributed by atoms with van der Waals surface area (Å²) >= 11 is 0. The van der Waals surface area contributed by atoms with Crippen molar-refractivity contribution < 1.29 is 0 Å². The van der Waals surface area contributed by atoms with E-state index < -0.39 is 6.17 Å². The van der Waals surface area contributed by atoms with Crippen molar-refractivity contribution in [3.8, 4) is 6.07 Å². The van der Waals surface area contributed by atoms with E-state index in [1.165, 1.54) is 6.07 Å². The summed E-state index contributed by atoms with van der Waals surface area (Å²) in [4.78, 5) is 2.67. The summed E-state index contributed by atoms with van der Waals surface area (Å²) in [5, 5.41) is 7.75. The van der Waals surface area contributed by atoms with Crippen molar-refractivity contribution >= 4 is 0 Å². The SMILES string of the molecule is [C-]#[N+]C(N)C#N. The molecule has 0 rings (SSSR count). The highest BCUT2D eigenvalue weighted by Crippen LogP contribution is 1.68. The molecule has 1 unspecified atom stereocenters. The lowest BCUT2D eigenvalue weighted by Crippen LogP contribution is -2.10. The molecule has 0 fully saturated rings. The van der Waals surface area contributed by atoms with Crippen LogP contribution in [0.15, 0.2) is 0 Å². The molecule has 0 amide bonds. The van der Waals surface area contributed by atoms with Gasteiger partial charge in [0, 0.05) is 0 Å². The average Bonchev–Trinajstić information content (AvgIpc) is 1.65. The van der Waals surface area contributed by atoms with E-state index in [2.05, 4.69) is 4.85 Å². The minimum Gasteiger partial charge on any atom is -0.280 e. The summed E-state index contributed by atoms with van der Waals surface area (Å²) in [6.45, 7) is 6.09. The van der Waals surface area contributed by atoms with Crippen LogP contribution in [0.25, 0.3) is 4.85 Å². The quantitative estimate of drug-likeness (QED) is 0.407. The molecule has 2 N–H and O–H groups in total. The molecule has 0 aliphatic heterocycles. The Morgan fingerprint density at radius 3 is 2.50 bits per heavy atom. The van der Waals surface area contributed by atoms with E-state index in [0.717, 1.165) is 0 Å². The first kappa shape index (κ1) is 4.94. The van der Waals surface area contributed by atoms with Crippen LogP contribution in [-0.4, -0.2) is 6.17 Å². The van der Waals surface area contributed by atoms with Gasteiger partial charge in [0.05, 0.1) is 0 Å². The molecule has 0 saturated carbocycles. The van der Waals surface area contributed by atoms with E-state index in [1.807, 2.05) is 0 Å². The first-order chi connectivity index (χ1) is 2.81. The lowest BCUT2D eigenvalue weighted by molar-refractivity contribution is 1.04. The van der Waals surface area contributed by atoms with Gasteiger partial charge in [0.15, 0.2) is 6.07 Å². The molecule has 0 aromatic rings. The zero-order chi connectivity index (χ0) is 4.99. The number of nitrogens with two attached hydrogens (primary N) is 1. The van der Waals surface area contributed by atoms with Gasteiger partial charge in [-0.2, -0.15) is 5.26 Å². The second-order valence-electron chi connectivity index (χ2n) is 0.703. The molecule has 30 valence electrons. The molecule has 0 saturated heterocycles. The molecule has 0 aromatic heterocycles. The monoisotopic (exact) mass is 81.0 g/mol. The molecule has 0 aliphatic rings. The second kappa shape index (κ2) is 2.19. The third-order valence-corrected chi connectivity index (χ3v) is 0.271. The minimum absolute atomic E-state index is 0.968. The van der Waals surface area contributed by atoms with Gasteiger partial charge in [-0.15, -0.1) is 0 Å². The van der Waals surface area contributed by atoms with Gasteiger partial charge in [-0.3, -0.25) is 4.85 Å². The van der Waals surface area contributed by atoms with E-state index in [4.69, 9.17) is 17.6 Å². The van der Waals surface area contributed by atoms with Crippen molar-refractivity contribution in [1.82, 2.24) is 0 Å². The van der Waals surface area contributed by atoms with Gasteiger partial charge in [0.1, 0.15) is 0 Å². The van der Waals surface area contributed by atoms with Gasteiger partial charge in [0.2, 0.25) is 0 Å². The summed E-state index contributed by atoms with van der Waals surface area (Å²) in [6.07, 6.45) is -0.968. The molecule has 0 radical (unpaired) electrons. The van der Waals surface area contributed by atoms with Crippen LogP contribution >= 0.6 is 0 Å². The third kappa shape index (κ3) is 1.28. The highest BCUT2D eigenvalue weighted by Gasteiger charge is 1.93. The number of nitrogens with zero attached hydrogens (tertiary/aromatic N) is 2. The van der Waals surface area contributed by atoms with Crippen LogP contribution < -0.4 is 5.73 Å². The smallest absolute Gasteiger partial charge is 0.280 e. The minimum atomic E-state index is -0.968. The molecule has 0 bridgehead atoms. The maximum absolute atomic E-state index is 7.75. The van der Waals surface area contributed by atoms with E-state index in [1.54, 1.807) is 0 Å². The van der Waals surface area contributed by atoms with E-state index in [9.17, 15) is 0 Å². The van der Waals surface area contributed by atoms with Gasteiger partial charge in [-0.05, 0) is 0 Å². The molecule has 0 aromatic carbocycles. The van der Waals surface area contributed by atoms with Crippen LogP contribution in [-0.2, 0) is 0 Å². The normalized spacial score (nSPS) is 11.2. The molecule has 3 heteroatoms. The van der Waals surface area contributed by atoms with Crippen molar-refractivity contribution in [2.75, 3.05) is 0 Å². The fourth-order valence-electron chi connectivity index (χ4n) is 0.0289. The number of hydrogen-bond donors (Lipinski definition) is 1. The Labute approximate surface area is 35.8 Å². The maximum Gasteiger partial charge on any atom is 0.361 e. The Balaban J connectivity index is 3.40. The summed E-state index contributed by atoms with van der Waals surface area (Å²) in [6, 6.07) is 1.54. The highest BCUT2D eigenvalue weighted by molar-refractivity contribution is 4.92. The largest absolute Gasteiger partial charge is 0.361 e. The Bertz CT molecular complexity index is 90.2. The third-order valence-electron chi connectivity index (χ3n) is 0.271. The predicted molar refractivity (Wildman–Crippen MR) is 20.2 cm³/mol. The van der Waals surface area contributed by atoms with Gasteiger partial charge >= 0.3 is 6.17 Å². The Morgan fingerprint density at radius 1 is 2.00 bits per heavy atom. The first-order valence-electron chi connectivity index (χ1n) is 1.33. The average molecular weight is 81.1 g/mol. The van der Waals surface area contributed by atoms with Gasteiger partial charge in [-0.1, -0.05) is 0 Å². The lowest BCUT2D eigenvalue weighted by atomic mass is 10.6. The first-order valence-corrected chi connectivity index (χ1v) is 1.33. The number of nitriles is 1. The topological polar surface area (TPSA) is 54.2 Å². The van der Waals surface area contributed by atoms with Gasteiger partial charge < -0.3 is 0 Å². The molecular formula is C3H3N3. The Kier molecular flexibility index (Phi) is 1.81. The summed E-state index contributed by atoms with van der Waals surface area (Å²) < 4.78 is 0. The van der Waals surface area contributed by atoms with Crippen molar-refractivity contribution in [3.63, 3.8) is 0 Å². The van der Waals surface area contributed by atoms with Gasteiger partial charge in [0.25, 0.3) is 0 Å². The highest BCUT2D eigenvalue weighted by atomic mass is 14.9. The zero-order valence-electron chi connectivity index (χ0n) is 3.05. The molecule has 0 aliphatic carbocycles. The number of hydrogen-bond acceptors (Lipinski definition) is 2. The van der Waals surface area contributed by atoms with E-state index in [0.29, 0.717) is 0 Å². The number of rotatable bonds is 0. The predicted octanol–water partition coefficient (Wildman–Crippen LogP) is -0.286. The molecule has 0 heterocycles. The zero-order valence-corrected chi connectivity index (χ0v) is 3.05. The van der Waals surface area contributed by atoms with Crippen LogP contribution in [0.2, 0.25) is 0 Å². The van der Waals surface area contributed by atoms with Crippen LogP contribution in [0.5, 0.6) is 0 Å². The van der Waals surface area contributed by atoms with E-state index >= 15 is 0 Å². The molecule has 3 nitrogen and oxygen atoms in total. The van der Waals surface area contributed by atoms with Crippen LogP contribution in [0, 0.1) is 17.9 Å². The van der Waals surface area contributed by atoms with Crippen molar-refractivity contribution in [2.45, 2.75) is 6.17 Å². The summed E-state index contributed by atoms with van der Waals surface area (Å²) in [5.41, 5.74) is 4.76. The second-order valence-corrected chi connectivity index (χ2v) is 0.703. The van der Waals surface area contributed by atoms with Crippen LogP contribution in [0.3, 0.4) is 0 Å². The van der Waals surface area contributed by atoms with E-state index in [-0.39, 0.29) is 0 Å². The summed E-state index contributed by atoms with van der Waals surface area (Å²) in [7, 11) is 0. The lowest BCUT2D eigenvalue weighted by Gasteiger charge is -1.73. The maximum atomic E-state index is 7.75. The summed E-state index contributed by atoms with van der Waals surface area (Å²) in [5.74, 6) is 0. The van der Waals surface area contributed by atoms with Crippen LogP contribution in [0.1, 0.15) is 0 Å². The molecule has 6 heavy (non-hydrogen) atoms. The fourth-order valence-corrected chi connectivity index (χ4v) is 0.0289.